The van der Waals surface area contributed by atoms with E-state index in [4.69, 9.17) is 9.57 Å². The lowest BCUT2D eigenvalue weighted by atomic mass is 9.88. The molecule has 2 aromatic rings. The van der Waals surface area contributed by atoms with Gasteiger partial charge in [0, 0.05) is 24.8 Å². The largest absolute Gasteiger partial charge is 0.487 e. The average Bonchev–Trinajstić information content (AvgIpc) is 3.38. The molecule has 4 aliphatic heterocycles. The molecule has 1 fully saturated rings. The van der Waals surface area contributed by atoms with Crippen molar-refractivity contribution in [2.45, 2.75) is 19.1 Å². The zero-order valence-electron chi connectivity index (χ0n) is 17.8. The summed E-state index contributed by atoms with van der Waals surface area (Å²) in [6.45, 7) is 3.05. The van der Waals surface area contributed by atoms with E-state index in [-0.39, 0.29) is 48.2 Å². The quantitative estimate of drug-likeness (QED) is 0.705. The minimum atomic E-state index is -1.23. The second kappa shape index (κ2) is 7.16. The molecule has 0 spiro atoms. The smallest absolute Gasteiger partial charge is 0.316 e. The van der Waals surface area contributed by atoms with Crippen LogP contribution in [-0.4, -0.2) is 65.9 Å². The number of ether oxygens (including phenoxy) is 1. The second-order valence-corrected chi connectivity index (χ2v) is 8.85. The van der Waals surface area contributed by atoms with Gasteiger partial charge in [0.1, 0.15) is 23.9 Å². The molecule has 1 N–H and O–H groups in total. The standard InChI is InChI=1S/C23H21FN4O5/c1-11-10-32-22-19-12(21(29)14(23(30)31)8-28(11)19)6-15(24)20(22)27-7-13-17(9-27)33-26-18(13)16-4-2-3-5-25-16/h2-6,11,13-14,17H,7-10H2,1H3,(H,30,31)/t11-,13?,14?,17?/m0/s1. The lowest BCUT2D eigenvalue weighted by Gasteiger charge is -2.43. The first-order valence-electron chi connectivity index (χ1n) is 10.9. The Kier molecular flexibility index (Phi) is 4.33. The molecule has 10 heteroatoms. The molecule has 1 aromatic heterocycles. The third kappa shape index (κ3) is 2.89. The first-order valence-corrected chi connectivity index (χ1v) is 10.9. The van der Waals surface area contributed by atoms with Gasteiger partial charge in [-0.1, -0.05) is 11.2 Å². The van der Waals surface area contributed by atoms with Crippen LogP contribution in [0.2, 0.25) is 0 Å². The summed E-state index contributed by atoms with van der Waals surface area (Å²) in [6, 6.07) is 6.58. The van der Waals surface area contributed by atoms with Gasteiger partial charge >= 0.3 is 5.97 Å². The molecule has 4 aliphatic rings. The molecule has 9 nitrogen and oxygen atoms in total. The van der Waals surface area contributed by atoms with Gasteiger partial charge in [0.2, 0.25) is 0 Å². The lowest BCUT2D eigenvalue weighted by Crippen LogP contribution is -2.51. The van der Waals surface area contributed by atoms with Crippen LogP contribution in [0.3, 0.4) is 0 Å². The first kappa shape index (κ1) is 20.0. The third-order valence-corrected chi connectivity index (χ3v) is 6.88. The number of hydrogen-bond donors (Lipinski definition) is 1. The number of anilines is 2. The van der Waals surface area contributed by atoms with Gasteiger partial charge in [0.15, 0.2) is 23.5 Å². The maximum absolute atomic E-state index is 15.5. The first-order chi connectivity index (χ1) is 15.9. The van der Waals surface area contributed by atoms with Crippen molar-refractivity contribution in [2.75, 3.05) is 36.0 Å². The molecule has 6 rings (SSSR count). The number of pyridine rings is 1. The number of carboxylic acids is 1. The van der Waals surface area contributed by atoms with Crippen LogP contribution in [0.15, 0.2) is 35.6 Å². The number of aliphatic carboxylic acids is 1. The van der Waals surface area contributed by atoms with Crippen LogP contribution in [0.5, 0.6) is 5.75 Å². The average molecular weight is 452 g/mol. The van der Waals surface area contributed by atoms with Crippen molar-refractivity contribution in [3.05, 3.63) is 47.5 Å². The maximum Gasteiger partial charge on any atom is 0.316 e. The Morgan fingerprint density at radius 2 is 2.09 bits per heavy atom. The normalized spacial score (nSPS) is 27.5. The van der Waals surface area contributed by atoms with Crippen molar-refractivity contribution >= 4 is 28.8 Å². The number of fused-ring (bicyclic) bond motifs is 1. The fourth-order valence-electron chi connectivity index (χ4n) is 5.22. The van der Waals surface area contributed by atoms with Gasteiger partial charge in [0.05, 0.1) is 29.9 Å². The zero-order valence-corrected chi connectivity index (χ0v) is 17.8. The molecule has 4 atom stereocenters. The molecule has 3 unspecified atom stereocenters. The third-order valence-electron chi connectivity index (χ3n) is 6.88. The number of aromatic nitrogens is 1. The highest BCUT2D eigenvalue weighted by Crippen LogP contribution is 2.50. The van der Waals surface area contributed by atoms with Crippen LogP contribution < -0.4 is 14.5 Å². The van der Waals surface area contributed by atoms with Crippen LogP contribution in [0, 0.1) is 17.7 Å². The van der Waals surface area contributed by atoms with E-state index in [1.165, 1.54) is 0 Å². The molecule has 1 saturated heterocycles. The zero-order chi connectivity index (χ0) is 22.9. The van der Waals surface area contributed by atoms with Gasteiger partial charge in [-0.25, -0.2) is 4.39 Å². The Balaban J connectivity index is 1.39. The molecule has 0 bridgehead atoms. The molecule has 0 amide bonds. The topological polar surface area (TPSA) is 105 Å². The summed E-state index contributed by atoms with van der Waals surface area (Å²) in [4.78, 5) is 38.2. The van der Waals surface area contributed by atoms with E-state index in [0.717, 1.165) is 17.5 Å². The number of halogens is 1. The Hall–Kier alpha value is -3.69. The van der Waals surface area contributed by atoms with Gasteiger partial charge < -0.3 is 24.5 Å². The predicted molar refractivity (Wildman–Crippen MR) is 116 cm³/mol. The van der Waals surface area contributed by atoms with E-state index in [9.17, 15) is 14.7 Å². The number of Topliss-reactive ketones (excluding diaryl/α,β-unsaturated/α-hetero) is 1. The highest BCUT2D eigenvalue weighted by molar-refractivity contribution is 6.15. The van der Waals surface area contributed by atoms with Crippen molar-refractivity contribution in [1.82, 2.24) is 4.98 Å². The monoisotopic (exact) mass is 452 g/mol. The number of nitrogens with zero attached hydrogens (tertiary/aromatic N) is 4. The van der Waals surface area contributed by atoms with Crippen molar-refractivity contribution in [1.29, 1.82) is 0 Å². The van der Waals surface area contributed by atoms with E-state index in [1.54, 1.807) is 6.20 Å². The molecular formula is C23H21FN4O5. The van der Waals surface area contributed by atoms with Crippen LogP contribution in [-0.2, 0) is 9.63 Å². The SMILES string of the molecule is C[C@H]1COc2c(N3CC4ON=C(c5ccccn5)C4C3)c(F)cc3c2N1CC(C(=O)O)C3=O. The Morgan fingerprint density at radius 1 is 1.24 bits per heavy atom. The maximum atomic E-state index is 15.5. The highest BCUT2D eigenvalue weighted by atomic mass is 19.1. The molecular weight excluding hydrogens is 431 g/mol. The van der Waals surface area contributed by atoms with E-state index in [1.807, 2.05) is 34.9 Å². The fraction of sp³-hybridized carbons (Fsp3) is 0.391. The summed E-state index contributed by atoms with van der Waals surface area (Å²) in [5, 5.41) is 13.7. The summed E-state index contributed by atoms with van der Waals surface area (Å²) in [5.74, 6) is -3.44. The molecule has 5 heterocycles. The number of benzene rings is 1. The van der Waals surface area contributed by atoms with Gasteiger partial charge in [-0.15, -0.1) is 0 Å². The molecule has 33 heavy (non-hydrogen) atoms. The molecule has 0 saturated carbocycles. The van der Waals surface area contributed by atoms with E-state index in [0.29, 0.717) is 18.8 Å². The van der Waals surface area contributed by atoms with E-state index in [2.05, 4.69) is 10.1 Å². The number of carboxylic acid groups (broad SMARTS) is 1. The predicted octanol–water partition coefficient (Wildman–Crippen LogP) is 1.94. The fourth-order valence-corrected chi connectivity index (χ4v) is 5.22. The molecule has 0 aliphatic carbocycles. The summed E-state index contributed by atoms with van der Waals surface area (Å²) < 4.78 is 21.5. The number of rotatable bonds is 3. The summed E-state index contributed by atoms with van der Waals surface area (Å²) in [5.41, 5.74) is 2.25. The van der Waals surface area contributed by atoms with Crippen LogP contribution >= 0.6 is 0 Å². The minimum Gasteiger partial charge on any atom is -0.487 e. The van der Waals surface area contributed by atoms with E-state index >= 15 is 4.39 Å². The van der Waals surface area contributed by atoms with Crippen molar-refractivity contribution in [3.8, 4) is 5.75 Å². The summed E-state index contributed by atoms with van der Waals surface area (Å²) in [7, 11) is 0. The van der Waals surface area contributed by atoms with Crippen molar-refractivity contribution in [3.63, 3.8) is 0 Å². The van der Waals surface area contributed by atoms with Crippen LogP contribution in [0.1, 0.15) is 23.0 Å². The van der Waals surface area contributed by atoms with Gasteiger partial charge in [-0.3, -0.25) is 14.6 Å². The highest BCUT2D eigenvalue weighted by Gasteiger charge is 2.48. The molecule has 1 aromatic carbocycles. The number of oxime groups is 1. The van der Waals surface area contributed by atoms with Crippen LogP contribution in [0.25, 0.3) is 0 Å². The molecule has 0 radical (unpaired) electrons. The summed E-state index contributed by atoms with van der Waals surface area (Å²) >= 11 is 0. The lowest BCUT2D eigenvalue weighted by molar-refractivity contribution is -0.139. The van der Waals surface area contributed by atoms with Crippen molar-refractivity contribution < 1.29 is 28.7 Å². The van der Waals surface area contributed by atoms with Crippen LogP contribution in [0.4, 0.5) is 15.8 Å². The number of ketones is 1. The van der Waals surface area contributed by atoms with Gasteiger partial charge in [-0.2, -0.15) is 0 Å². The molecule has 170 valence electrons. The Morgan fingerprint density at radius 3 is 2.85 bits per heavy atom. The number of hydrogen-bond acceptors (Lipinski definition) is 8. The van der Waals surface area contributed by atoms with E-state index < -0.39 is 23.5 Å². The Labute approximate surface area is 188 Å². The number of carbonyl (C=O) groups is 2. The van der Waals surface area contributed by atoms with Crippen molar-refractivity contribution in [2.24, 2.45) is 17.0 Å². The van der Waals surface area contributed by atoms with Gasteiger partial charge in [0.25, 0.3) is 0 Å². The summed E-state index contributed by atoms with van der Waals surface area (Å²) in [6.07, 6.45) is 1.44. The van der Waals surface area contributed by atoms with Gasteiger partial charge in [-0.05, 0) is 25.1 Å². The Bertz CT molecular complexity index is 1200. The number of carbonyl (C=O) groups excluding carboxylic acids is 1. The minimum absolute atomic E-state index is 0.0363. The second-order valence-electron chi connectivity index (χ2n) is 8.85.